The zero-order chi connectivity index (χ0) is 13.8. The molecule has 0 aromatic carbocycles. The van der Waals surface area contributed by atoms with Gasteiger partial charge in [-0.3, -0.25) is 0 Å². The SMILES string of the molecule is C=C[C@@H](CO)OC/C=C/C[C@@H](C)CCC=C(C)C. The predicted molar refractivity (Wildman–Crippen MR) is 78.6 cm³/mol. The lowest BCUT2D eigenvalue weighted by Gasteiger charge is -2.09. The van der Waals surface area contributed by atoms with E-state index in [0.29, 0.717) is 12.5 Å². The molecule has 0 spiro atoms. The van der Waals surface area contributed by atoms with Crippen LogP contribution in [0.1, 0.15) is 40.0 Å². The van der Waals surface area contributed by atoms with Gasteiger partial charge in [0.25, 0.3) is 0 Å². The molecule has 0 bridgehead atoms. The number of rotatable bonds is 10. The molecule has 0 aliphatic carbocycles. The molecule has 2 nitrogen and oxygen atoms in total. The van der Waals surface area contributed by atoms with Gasteiger partial charge in [0.2, 0.25) is 0 Å². The number of aliphatic hydroxyl groups is 1. The van der Waals surface area contributed by atoms with E-state index in [9.17, 15) is 0 Å². The van der Waals surface area contributed by atoms with Crippen LogP contribution in [0.15, 0.2) is 36.5 Å². The highest BCUT2D eigenvalue weighted by molar-refractivity contribution is 4.93. The van der Waals surface area contributed by atoms with E-state index in [0.717, 1.165) is 12.8 Å². The molecule has 0 fully saturated rings. The van der Waals surface area contributed by atoms with Crippen molar-refractivity contribution in [2.24, 2.45) is 5.92 Å². The van der Waals surface area contributed by atoms with Gasteiger partial charge < -0.3 is 9.84 Å². The van der Waals surface area contributed by atoms with Gasteiger partial charge in [-0.2, -0.15) is 0 Å². The van der Waals surface area contributed by atoms with Gasteiger partial charge in [0.1, 0.15) is 0 Å². The van der Waals surface area contributed by atoms with E-state index in [2.05, 4.69) is 39.5 Å². The van der Waals surface area contributed by atoms with Crippen molar-refractivity contribution >= 4 is 0 Å². The monoisotopic (exact) mass is 252 g/mol. The van der Waals surface area contributed by atoms with Crippen LogP contribution in [0.5, 0.6) is 0 Å². The van der Waals surface area contributed by atoms with Crippen molar-refractivity contribution in [2.75, 3.05) is 13.2 Å². The van der Waals surface area contributed by atoms with E-state index < -0.39 is 0 Å². The third-order valence-corrected chi connectivity index (χ3v) is 2.77. The lowest BCUT2D eigenvalue weighted by molar-refractivity contribution is 0.0600. The molecule has 0 rings (SSSR count). The first-order valence-electron chi connectivity index (χ1n) is 6.73. The smallest absolute Gasteiger partial charge is 0.0988 e. The molecule has 2 heteroatoms. The molecule has 104 valence electrons. The second kappa shape index (κ2) is 11.2. The van der Waals surface area contributed by atoms with E-state index in [1.165, 1.54) is 12.0 Å². The number of ether oxygens (including phenoxy) is 1. The van der Waals surface area contributed by atoms with Gasteiger partial charge in [-0.15, -0.1) is 6.58 Å². The molecule has 0 aliphatic rings. The Morgan fingerprint density at radius 2 is 2.06 bits per heavy atom. The average Bonchev–Trinajstić information content (AvgIpc) is 2.33. The van der Waals surface area contributed by atoms with Crippen LogP contribution in [-0.4, -0.2) is 24.4 Å². The van der Waals surface area contributed by atoms with Crippen molar-refractivity contribution in [1.29, 1.82) is 0 Å². The van der Waals surface area contributed by atoms with Crippen molar-refractivity contribution in [3.05, 3.63) is 36.5 Å². The largest absolute Gasteiger partial charge is 0.393 e. The Hall–Kier alpha value is -0.860. The van der Waals surface area contributed by atoms with Crippen molar-refractivity contribution in [3.63, 3.8) is 0 Å². The van der Waals surface area contributed by atoms with Crippen LogP contribution in [0.2, 0.25) is 0 Å². The number of allylic oxidation sites excluding steroid dienone is 3. The fourth-order valence-electron chi connectivity index (χ4n) is 1.55. The van der Waals surface area contributed by atoms with Gasteiger partial charge in [-0.1, -0.05) is 36.8 Å². The maximum absolute atomic E-state index is 8.89. The topological polar surface area (TPSA) is 29.5 Å². The van der Waals surface area contributed by atoms with E-state index >= 15 is 0 Å². The standard InChI is InChI=1S/C16H28O2/c1-5-16(13-17)18-12-7-6-10-15(4)11-8-9-14(2)3/h5-7,9,15-17H,1,8,10-13H2,2-4H3/b7-6+/t15-,16+/m1/s1. The van der Waals surface area contributed by atoms with Gasteiger partial charge in [0.15, 0.2) is 0 Å². The molecule has 0 radical (unpaired) electrons. The Kier molecular flexibility index (Phi) is 10.7. The predicted octanol–water partition coefficient (Wildman–Crippen LogP) is 3.88. The zero-order valence-electron chi connectivity index (χ0n) is 12.1. The Morgan fingerprint density at radius 3 is 2.61 bits per heavy atom. The van der Waals surface area contributed by atoms with Crippen LogP contribution in [0.3, 0.4) is 0 Å². The summed E-state index contributed by atoms with van der Waals surface area (Å²) in [7, 11) is 0. The molecular formula is C16H28O2. The lowest BCUT2D eigenvalue weighted by Crippen LogP contribution is -2.14. The van der Waals surface area contributed by atoms with Crippen LogP contribution in [-0.2, 0) is 4.74 Å². The van der Waals surface area contributed by atoms with E-state index in [1.54, 1.807) is 6.08 Å². The number of hydrogen-bond donors (Lipinski definition) is 1. The fraction of sp³-hybridized carbons (Fsp3) is 0.625. The Bertz CT molecular complexity index is 262. The van der Waals surface area contributed by atoms with Crippen molar-refractivity contribution in [1.82, 2.24) is 0 Å². The molecule has 0 heterocycles. The summed E-state index contributed by atoms with van der Waals surface area (Å²) in [6.45, 7) is 10.7. The van der Waals surface area contributed by atoms with E-state index in [4.69, 9.17) is 9.84 Å². The zero-order valence-corrected chi connectivity index (χ0v) is 12.1. The van der Waals surface area contributed by atoms with E-state index in [1.807, 2.05) is 6.08 Å². The summed E-state index contributed by atoms with van der Waals surface area (Å²) in [5, 5.41) is 8.89. The van der Waals surface area contributed by atoms with Gasteiger partial charge >= 0.3 is 0 Å². The molecule has 2 atom stereocenters. The van der Waals surface area contributed by atoms with Crippen molar-refractivity contribution in [3.8, 4) is 0 Å². The molecule has 0 unspecified atom stereocenters. The fourth-order valence-corrected chi connectivity index (χ4v) is 1.55. The van der Waals surface area contributed by atoms with Gasteiger partial charge in [0.05, 0.1) is 19.3 Å². The van der Waals surface area contributed by atoms with Gasteiger partial charge in [-0.25, -0.2) is 0 Å². The summed E-state index contributed by atoms with van der Waals surface area (Å²) in [5.74, 6) is 0.699. The highest BCUT2D eigenvalue weighted by atomic mass is 16.5. The third-order valence-electron chi connectivity index (χ3n) is 2.77. The number of hydrogen-bond acceptors (Lipinski definition) is 2. The maximum atomic E-state index is 8.89. The number of aliphatic hydroxyl groups excluding tert-OH is 1. The first-order chi connectivity index (χ1) is 8.60. The minimum absolute atomic E-state index is 0.00353. The summed E-state index contributed by atoms with van der Waals surface area (Å²) < 4.78 is 5.37. The van der Waals surface area contributed by atoms with Gasteiger partial charge in [-0.05, 0) is 39.0 Å². The minimum atomic E-state index is -0.246. The van der Waals surface area contributed by atoms with Crippen molar-refractivity contribution in [2.45, 2.75) is 46.1 Å². The second-order valence-electron chi connectivity index (χ2n) is 4.96. The van der Waals surface area contributed by atoms with Crippen LogP contribution in [0.4, 0.5) is 0 Å². The normalized spacial score (nSPS) is 14.4. The lowest BCUT2D eigenvalue weighted by atomic mass is 10.0. The quantitative estimate of drug-likeness (QED) is 0.598. The average molecular weight is 252 g/mol. The molecule has 0 amide bonds. The van der Waals surface area contributed by atoms with Crippen LogP contribution in [0.25, 0.3) is 0 Å². The molecule has 1 N–H and O–H groups in total. The Morgan fingerprint density at radius 1 is 1.33 bits per heavy atom. The maximum Gasteiger partial charge on any atom is 0.0988 e. The second-order valence-corrected chi connectivity index (χ2v) is 4.96. The summed E-state index contributed by atoms with van der Waals surface area (Å²) in [4.78, 5) is 0. The molecule has 0 saturated heterocycles. The van der Waals surface area contributed by atoms with Gasteiger partial charge in [0, 0.05) is 0 Å². The van der Waals surface area contributed by atoms with Crippen LogP contribution in [0, 0.1) is 5.92 Å². The minimum Gasteiger partial charge on any atom is -0.393 e. The Labute approximate surface area is 112 Å². The summed E-state index contributed by atoms with van der Waals surface area (Å²) in [6.07, 6.45) is 11.3. The van der Waals surface area contributed by atoms with Crippen LogP contribution >= 0.6 is 0 Å². The summed E-state index contributed by atoms with van der Waals surface area (Å²) in [6, 6.07) is 0. The first kappa shape index (κ1) is 17.1. The molecule has 18 heavy (non-hydrogen) atoms. The van der Waals surface area contributed by atoms with E-state index in [-0.39, 0.29) is 12.7 Å². The summed E-state index contributed by atoms with van der Waals surface area (Å²) in [5.41, 5.74) is 1.39. The highest BCUT2D eigenvalue weighted by Gasteiger charge is 2.00. The molecule has 0 aromatic heterocycles. The molecule has 0 aromatic rings. The molecule has 0 aliphatic heterocycles. The molecule has 0 saturated carbocycles. The third kappa shape index (κ3) is 10.3. The highest BCUT2D eigenvalue weighted by Crippen LogP contribution is 2.12. The van der Waals surface area contributed by atoms with Crippen molar-refractivity contribution < 1.29 is 9.84 Å². The van der Waals surface area contributed by atoms with Crippen LogP contribution < -0.4 is 0 Å². The Balaban J connectivity index is 3.62. The first-order valence-corrected chi connectivity index (χ1v) is 6.73. The summed E-state index contributed by atoms with van der Waals surface area (Å²) >= 11 is 0. The molecular weight excluding hydrogens is 224 g/mol.